The van der Waals surface area contributed by atoms with Crippen molar-refractivity contribution in [2.75, 3.05) is 0 Å². The molecule has 2 heteroatoms. The van der Waals surface area contributed by atoms with Crippen molar-refractivity contribution in [2.24, 2.45) is 5.92 Å². The molecule has 0 unspecified atom stereocenters. The lowest BCUT2D eigenvalue weighted by Gasteiger charge is -2.00. The van der Waals surface area contributed by atoms with E-state index < -0.39 is 5.82 Å². The molecule has 1 fully saturated rings. The molecule has 1 aromatic rings. The first-order chi connectivity index (χ1) is 5.75. The number of benzene rings is 1. The van der Waals surface area contributed by atoms with Crippen molar-refractivity contribution in [3.8, 4) is 5.75 Å². The fourth-order valence-corrected chi connectivity index (χ4v) is 1.34. The van der Waals surface area contributed by atoms with Gasteiger partial charge in [0.25, 0.3) is 0 Å². The average Bonchev–Trinajstić information content (AvgIpc) is 2.81. The first-order valence-electron chi connectivity index (χ1n) is 4.23. The number of phenols is 1. The Kier molecular flexibility index (Phi) is 1.75. The largest absolute Gasteiger partial charge is 0.505 e. The molecule has 1 nitrogen and oxygen atoms in total. The van der Waals surface area contributed by atoms with Gasteiger partial charge >= 0.3 is 0 Å². The summed E-state index contributed by atoms with van der Waals surface area (Å²) >= 11 is 0. The fraction of sp³-hybridized carbons (Fsp3) is 0.400. The minimum atomic E-state index is -0.533. The third-order valence-electron chi connectivity index (χ3n) is 2.23. The Hall–Kier alpha value is -1.05. The van der Waals surface area contributed by atoms with Crippen LogP contribution in [-0.2, 0) is 6.42 Å². The lowest BCUT2D eigenvalue weighted by Crippen LogP contribution is -1.87. The van der Waals surface area contributed by atoms with E-state index in [1.54, 1.807) is 6.07 Å². The number of rotatable bonds is 2. The van der Waals surface area contributed by atoms with Crippen molar-refractivity contribution in [2.45, 2.75) is 19.3 Å². The molecule has 0 heterocycles. The van der Waals surface area contributed by atoms with Crippen LogP contribution in [0.3, 0.4) is 0 Å². The van der Waals surface area contributed by atoms with Crippen LogP contribution in [0.25, 0.3) is 0 Å². The van der Waals surface area contributed by atoms with Gasteiger partial charge < -0.3 is 5.11 Å². The van der Waals surface area contributed by atoms with E-state index in [-0.39, 0.29) is 5.75 Å². The smallest absolute Gasteiger partial charge is 0.164 e. The third kappa shape index (κ3) is 1.58. The van der Waals surface area contributed by atoms with E-state index in [1.165, 1.54) is 25.0 Å². The fourth-order valence-electron chi connectivity index (χ4n) is 1.34. The second-order valence-electron chi connectivity index (χ2n) is 3.43. The van der Waals surface area contributed by atoms with Gasteiger partial charge in [0.1, 0.15) is 0 Å². The van der Waals surface area contributed by atoms with E-state index in [1.807, 2.05) is 0 Å². The molecule has 0 bridgehead atoms. The molecule has 0 amide bonds. The van der Waals surface area contributed by atoms with Crippen LogP contribution >= 0.6 is 0 Å². The summed E-state index contributed by atoms with van der Waals surface area (Å²) in [7, 11) is 0. The van der Waals surface area contributed by atoms with Crippen LogP contribution in [0, 0.1) is 11.7 Å². The summed E-state index contributed by atoms with van der Waals surface area (Å²) < 4.78 is 12.6. The van der Waals surface area contributed by atoms with Crippen molar-refractivity contribution in [1.29, 1.82) is 0 Å². The highest BCUT2D eigenvalue weighted by molar-refractivity contribution is 5.29. The lowest BCUT2D eigenvalue weighted by atomic mass is 10.1. The average molecular weight is 166 g/mol. The highest BCUT2D eigenvalue weighted by Gasteiger charge is 2.21. The Bertz CT molecular complexity index is 292. The second kappa shape index (κ2) is 2.77. The third-order valence-corrected chi connectivity index (χ3v) is 2.23. The summed E-state index contributed by atoms with van der Waals surface area (Å²) in [6.07, 6.45) is 3.53. The van der Waals surface area contributed by atoms with E-state index >= 15 is 0 Å². The molecule has 1 aliphatic carbocycles. The maximum Gasteiger partial charge on any atom is 0.164 e. The number of phenolic OH excluding ortho intramolecular Hbond substituents is 1. The van der Waals surface area contributed by atoms with Gasteiger partial charge in [0.2, 0.25) is 0 Å². The predicted molar refractivity (Wildman–Crippen MR) is 44.5 cm³/mol. The van der Waals surface area contributed by atoms with Gasteiger partial charge in [-0.2, -0.15) is 0 Å². The molecule has 0 spiro atoms. The van der Waals surface area contributed by atoms with Gasteiger partial charge in [-0.3, -0.25) is 0 Å². The molecule has 1 aliphatic rings. The molecule has 1 N–H and O–H groups in total. The van der Waals surface area contributed by atoms with Gasteiger partial charge in [-0.25, -0.2) is 4.39 Å². The SMILES string of the molecule is Oc1cc(CC2CC2)ccc1F. The Labute approximate surface area is 70.8 Å². The van der Waals surface area contributed by atoms with Crippen LogP contribution in [0.1, 0.15) is 18.4 Å². The van der Waals surface area contributed by atoms with Crippen molar-refractivity contribution in [3.63, 3.8) is 0 Å². The minimum Gasteiger partial charge on any atom is -0.505 e. The molecule has 0 radical (unpaired) electrons. The van der Waals surface area contributed by atoms with Crippen LogP contribution in [0.15, 0.2) is 18.2 Å². The molecule has 0 atom stereocenters. The molecule has 64 valence electrons. The molecule has 1 saturated carbocycles. The minimum absolute atomic E-state index is 0.229. The van der Waals surface area contributed by atoms with E-state index in [0.717, 1.165) is 17.9 Å². The second-order valence-corrected chi connectivity index (χ2v) is 3.43. The Morgan fingerprint density at radius 3 is 2.75 bits per heavy atom. The van der Waals surface area contributed by atoms with E-state index in [2.05, 4.69) is 0 Å². The predicted octanol–water partition coefficient (Wildman–Crippen LogP) is 2.48. The van der Waals surface area contributed by atoms with Crippen LogP contribution < -0.4 is 0 Å². The standard InChI is InChI=1S/C10H11FO/c11-9-4-3-8(6-10(9)12)5-7-1-2-7/h3-4,6-7,12H,1-2,5H2. The van der Waals surface area contributed by atoms with Gasteiger partial charge in [-0.05, 0) is 42.9 Å². The molecule has 0 aliphatic heterocycles. The number of hydrogen-bond donors (Lipinski definition) is 1. The molecule has 2 rings (SSSR count). The van der Waals surface area contributed by atoms with E-state index in [4.69, 9.17) is 5.11 Å². The summed E-state index contributed by atoms with van der Waals surface area (Å²) in [6.45, 7) is 0. The molecule has 12 heavy (non-hydrogen) atoms. The zero-order valence-corrected chi connectivity index (χ0v) is 6.76. The summed E-state index contributed by atoms with van der Waals surface area (Å²) in [5.41, 5.74) is 1.04. The van der Waals surface area contributed by atoms with Crippen molar-refractivity contribution < 1.29 is 9.50 Å². The zero-order chi connectivity index (χ0) is 8.55. The summed E-state index contributed by atoms with van der Waals surface area (Å²) in [4.78, 5) is 0. The highest BCUT2D eigenvalue weighted by Crippen LogP contribution is 2.33. The normalized spacial score (nSPS) is 16.4. The number of hydrogen-bond acceptors (Lipinski definition) is 1. The van der Waals surface area contributed by atoms with Crippen LogP contribution in [0.4, 0.5) is 4.39 Å². The summed E-state index contributed by atoms with van der Waals surface area (Å²) in [6, 6.07) is 4.59. The monoisotopic (exact) mass is 166 g/mol. The Morgan fingerprint density at radius 2 is 2.17 bits per heavy atom. The quantitative estimate of drug-likeness (QED) is 0.715. The zero-order valence-electron chi connectivity index (χ0n) is 6.76. The van der Waals surface area contributed by atoms with Crippen molar-refractivity contribution in [3.05, 3.63) is 29.6 Å². The number of halogens is 1. The van der Waals surface area contributed by atoms with Gasteiger partial charge in [0.05, 0.1) is 0 Å². The van der Waals surface area contributed by atoms with Gasteiger partial charge in [0.15, 0.2) is 11.6 Å². The van der Waals surface area contributed by atoms with Crippen LogP contribution in [-0.4, -0.2) is 5.11 Å². The first-order valence-corrected chi connectivity index (χ1v) is 4.23. The molecule has 0 aromatic heterocycles. The maximum absolute atomic E-state index is 12.6. The molecular formula is C10H11FO. The van der Waals surface area contributed by atoms with E-state index in [9.17, 15) is 4.39 Å². The maximum atomic E-state index is 12.6. The lowest BCUT2D eigenvalue weighted by molar-refractivity contribution is 0.431. The Balaban J connectivity index is 2.15. The summed E-state index contributed by atoms with van der Waals surface area (Å²) in [5.74, 6) is 0.0116. The topological polar surface area (TPSA) is 20.2 Å². The summed E-state index contributed by atoms with van der Waals surface area (Å²) in [5, 5.41) is 9.06. The van der Waals surface area contributed by atoms with Crippen LogP contribution in [0.2, 0.25) is 0 Å². The molecule has 1 aromatic carbocycles. The van der Waals surface area contributed by atoms with Crippen molar-refractivity contribution >= 4 is 0 Å². The van der Waals surface area contributed by atoms with Crippen LogP contribution in [0.5, 0.6) is 5.75 Å². The first kappa shape index (κ1) is 7.59. The Morgan fingerprint density at radius 1 is 1.42 bits per heavy atom. The molecular weight excluding hydrogens is 155 g/mol. The highest BCUT2D eigenvalue weighted by atomic mass is 19.1. The molecule has 0 saturated heterocycles. The van der Waals surface area contributed by atoms with Crippen molar-refractivity contribution in [1.82, 2.24) is 0 Å². The van der Waals surface area contributed by atoms with E-state index in [0.29, 0.717) is 0 Å². The number of aromatic hydroxyl groups is 1. The van der Waals surface area contributed by atoms with Gasteiger partial charge in [0, 0.05) is 0 Å². The van der Waals surface area contributed by atoms with Gasteiger partial charge in [-0.1, -0.05) is 6.07 Å². The van der Waals surface area contributed by atoms with Gasteiger partial charge in [-0.15, -0.1) is 0 Å².